The number of hydrogen-bond acceptors (Lipinski definition) is 4. The maximum atomic E-state index is 11.6. The number of nitrogens with zero attached hydrogens (tertiary/aromatic N) is 2. The van der Waals surface area contributed by atoms with Gasteiger partial charge in [-0.15, -0.1) is 11.3 Å². The monoisotopic (exact) mass is 208 g/mol. The Morgan fingerprint density at radius 3 is 2.21 bits per heavy atom. The quantitative estimate of drug-likeness (QED) is 0.654. The van der Waals surface area contributed by atoms with Crippen molar-refractivity contribution in [2.75, 3.05) is 4.90 Å². The lowest BCUT2D eigenvalue weighted by molar-refractivity contribution is -0.120. The van der Waals surface area contributed by atoms with Crippen LogP contribution in [-0.4, -0.2) is 16.8 Å². The van der Waals surface area contributed by atoms with E-state index in [4.69, 9.17) is 0 Å². The number of anilines is 1. The molecule has 72 valence electrons. The first-order valence-corrected chi connectivity index (χ1v) is 4.96. The minimum absolute atomic E-state index is 0.262. The molecule has 0 bridgehead atoms. The van der Waals surface area contributed by atoms with E-state index in [1.54, 1.807) is 25.4 Å². The Labute approximate surface area is 84.9 Å². The van der Waals surface area contributed by atoms with Crippen molar-refractivity contribution in [3.05, 3.63) is 22.7 Å². The van der Waals surface area contributed by atoms with E-state index in [9.17, 15) is 9.59 Å². The first-order chi connectivity index (χ1) is 6.63. The zero-order valence-corrected chi connectivity index (χ0v) is 8.59. The summed E-state index contributed by atoms with van der Waals surface area (Å²) in [5.74, 6) is -0.523. The number of carbonyl (C=O) groups excluding carboxylic acids is 2. The number of hydrogen-bond donors (Lipinski definition) is 0. The molecule has 1 aliphatic rings. The molecule has 2 heterocycles. The van der Waals surface area contributed by atoms with Gasteiger partial charge < -0.3 is 0 Å². The van der Waals surface area contributed by atoms with Crippen LogP contribution in [-0.2, 0) is 9.59 Å². The smallest absolute Gasteiger partial charge is 0.263 e. The van der Waals surface area contributed by atoms with Gasteiger partial charge >= 0.3 is 0 Å². The van der Waals surface area contributed by atoms with Crippen LogP contribution in [0.25, 0.3) is 0 Å². The molecule has 1 aliphatic heterocycles. The molecule has 2 rings (SSSR count). The molecule has 2 amide bonds. The summed E-state index contributed by atoms with van der Waals surface area (Å²) in [5.41, 5.74) is 1.01. The SMILES string of the molecule is CC1=C(C)C(=O)N(c2nccs2)C1=O. The fourth-order valence-electron chi connectivity index (χ4n) is 1.25. The molecule has 0 saturated carbocycles. The van der Waals surface area contributed by atoms with Crippen LogP contribution in [0.2, 0.25) is 0 Å². The van der Waals surface area contributed by atoms with Crippen LogP contribution >= 0.6 is 11.3 Å². The lowest BCUT2D eigenvalue weighted by Gasteiger charge is -2.09. The van der Waals surface area contributed by atoms with E-state index in [0.717, 1.165) is 4.90 Å². The van der Waals surface area contributed by atoms with Crippen molar-refractivity contribution in [1.29, 1.82) is 0 Å². The summed E-state index contributed by atoms with van der Waals surface area (Å²) in [5, 5.41) is 2.18. The first-order valence-electron chi connectivity index (χ1n) is 4.08. The zero-order valence-electron chi connectivity index (χ0n) is 7.77. The predicted molar refractivity (Wildman–Crippen MR) is 53.0 cm³/mol. The van der Waals surface area contributed by atoms with Crippen molar-refractivity contribution >= 4 is 28.3 Å². The van der Waals surface area contributed by atoms with Crippen LogP contribution in [0.5, 0.6) is 0 Å². The molecule has 0 spiro atoms. The van der Waals surface area contributed by atoms with Gasteiger partial charge in [-0.2, -0.15) is 0 Å². The molecule has 0 saturated heterocycles. The second-order valence-corrected chi connectivity index (χ2v) is 3.88. The highest BCUT2D eigenvalue weighted by Crippen LogP contribution is 2.27. The van der Waals surface area contributed by atoms with E-state index in [-0.39, 0.29) is 11.8 Å². The van der Waals surface area contributed by atoms with Crippen molar-refractivity contribution < 1.29 is 9.59 Å². The molecule has 4 nitrogen and oxygen atoms in total. The molecule has 14 heavy (non-hydrogen) atoms. The maximum Gasteiger partial charge on any atom is 0.263 e. The Kier molecular flexibility index (Phi) is 1.96. The summed E-state index contributed by atoms with van der Waals surface area (Å²) in [6, 6.07) is 0. The highest BCUT2D eigenvalue weighted by atomic mass is 32.1. The van der Waals surface area contributed by atoms with E-state index < -0.39 is 0 Å². The van der Waals surface area contributed by atoms with E-state index in [0.29, 0.717) is 16.3 Å². The summed E-state index contributed by atoms with van der Waals surface area (Å²) < 4.78 is 0. The maximum absolute atomic E-state index is 11.6. The molecule has 0 aromatic carbocycles. The fraction of sp³-hybridized carbons (Fsp3) is 0.222. The molecule has 0 N–H and O–H groups in total. The molecule has 0 atom stereocenters. The number of thiazole rings is 1. The van der Waals surface area contributed by atoms with Gasteiger partial charge in [0.15, 0.2) is 5.13 Å². The highest BCUT2D eigenvalue weighted by molar-refractivity contribution is 7.14. The Morgan fingerprint density at radius 1 is 1.21 bits per heavy atom. The van der Waals surface area contributed by atoms with Gasteiger partial charge in [0.1, 0.15) is 0 Å². The summed E-state index contributed by atoms with van der Waals surface area (Å²) in [7, 11) is 0. The Balaban J connectivity index is 2.44. The van der Waals surface area contributed by atoms with Crippen LogP contribution in [0.15, 0.2) is 22.7 Å². The molecule has 1 aromatic heterocycles. The van der Waals surface area contributed by atoms with Crippen molar-refractivity contribution in [2.45, 2.75) is 13.8 Å². The second kappa shape index (κ2) is 3.02. The Bertz CT molecular complexity index is 410. The van der Waals surface area contributed by atoms with Crippen LogP contribution in [0, 0.1) is 0 Å². The number of carbonyl (C=O) groups is 2. The molecule has 0 fully saturated rings. The van der Waals surface area contributed by atoms with Gasteiger partial charge in [0, 0.05) is 22.7 Å². The second-order valence-electron chi connectivity index (χ2n) is 3.01. The molecule has 5 heteroatoms. The minimum Gasteiger partial charge on any atom is -0.268 e. The van der Waals surface area contributed by atoms with Crippen molar-refractivity contribution in [3.8, 4) is 0 Å². The van der Waals surface area contributed by atoms with Crippen molar-refractivity contribution in [2.24, 2.45) is 0 Å². The number of imide groups is 1. The molecule has 0 unspecified atom stereocenters. The van der Waals surface area contributed by atoms with Crippen LogP contribution < -0.4 is 4.90 Å². The van der Waals surface area contributed by atoms with Gasteiger partial charge in [-0.1, -0.05) is 0 Å². The minimum atomic E-state index is -0.262. The summed E-state index contributed by atoms with van der Waals surface area (Å²) in [6.45, 7) is 3.31. The summed E-state index contributed by atoms with van der Waals surface area (Å²) in [6.07, 6.45) is 1.57. The lowest BCUT2D eigenvalue weighted by Crippen LogP contribution is -2.31. The average molecular weight is 208 g/mol. The van der Waals surface area contributed by atoms with Gasteiger partial charge in [0.05, 0.1) is 0 Å². The van der Waals surface area contributed by atoms with Crippen LogP contribution in [0.1, 0.15) is 13.8 Å². The Hall–Kier alpha value is -1.49. The molecule has 1 aromatic rings. The van der Waals surface area contributed by atoms with Crippen molar-refractivity contribution in [1.82, 2.24) is 4.98 Å². The number of amides is 2. The Morgan fingerprint density at radius 2 is 1.79 bits per heavy atom. The van der Waals surface area contributed by atoms with E-state index >= 15 is 0 Å². The van der Waals surface area contributed by atoms with E-state index in [1.807, 2.05) is 0 Å². The normalized spacial score (nSPS) is 17.1. The van der Waals surface area contributed by atoms with E-state index in [1.165, 1.54) is 11.3 Å². The molecule has 0 aliphatic carbocycles. The van der Waals surface area contributed by atoms with E-state index in [2.05, 4.69) is 4.98 Å². The molecule has 0 radical (unpaired) electrons. The van der Waals surface area contributed by atoms with Crippen molar-refractivity contribution in [3.63, 3.8) is 0 Å². The number of aromatic nitrogens is 1. The third-order valence-corrected chi connectivity index (χ3v) is 2.98. The predicted octanol–water partition coefficient (Wildman–Crippen LogP) is 1.35. The standard InChI is InChI=1S/C9H8N2O2S/c1-5-6(2)8(13)11(7(5)12)9-10-3-4-14-9/h3-4H,1-2H3. The van der Waals surface area contributed by atoms with Crippen LogP contribution in [0.4, 0.5) is 5.13 Å². The van der Waals surface area contributed by atoms with Gasteiger partial charge in [-0.3, -0.25) is 9.59 Å². The highest BCUT2D eigenvalue weighted by Gasteiger charge is 2.35. The third kappa shape index (κ3) is 1.09. The summed E-state index contributed by atoms with van der Waals surface area (Å²) in [4.78, 5) is 28.3. The topological polar surface area (TPSA) is 50.3 Å². The van der Waals surface area contributed by atoms with Gasteiger partial charge in [-0.05, 0) is 13.8 Å². The first kappa shape index (κ1) is 9.08. The third-order valence-electron chi connectivity index (χ3n) is 2.22. The van der Waals surface area contributed by atoms with Gasteiger partial charge in [0.25, 0.3) is 11.8 Å². The fourth-order valence-corrected chi connectivity index (χ4v) is 1.88. The molecular formula is C9H8N2O2S. The summed E-state index contributed by atoms with van der Waals surface area (Å²) >= 11 is 1.28. The largest absolute Gasteiger partial charge is 0.268 e. The van der Waals surface area contributed by atoms with Gasteiger partial charge in [-0.25, -0.2) is 9.88 Å². The zero-order chi connectivity index (χ0) is 10.3. The number of rotatable bonds is 1. The lowest BCUT2D eigenvalue weighted by atomic mass is 10.2. The van der Waals surface area contributed by atoms with Gasteiger partial charge in [0.2, 0.25) is 0 Å². The molecular weight excluding hydrogens is 200 g/mol. The average Bonchev–Trinajstić information content (AvgIpc) is 2.73. The van der Waals surface area contributed by atoms with Crippen LogP contribution in [0.3, 0.4) is 0 Å².